The number of rotatable bonds is 3. The van der Waals surface area contributed by atoms with E-state index in [1.807, 2.05) is 11.8 Å². The van der Waals surface area contributed by atoms with Gasteiger partial charge in [-0.05, 0) is 38.0 Å². The monoisotopic (exact) mass is 265 g/mol. The first kappa shape index (κ1) is 13.8. The molecule has 1 atom stereocenters. The van der Waals surface area contributed by atoms with Crippen LogP contribution in [0.15, 0.2) is 18.2 Å². The molecule has 1 unspecified atom stereocenters. The number of nitrogens with two attached hydrogens (primary N) is 1. The summed E-state index contributed by atoms with van der Waals surface area (Å²) in [5.74, 6) is -0.459. The van der Waals surface area contributed by atoms with E-state index in [1.165, 1.54) is 6.07 Å². The molecule has 0 radical (unpaired) electrons. The Labute approximate surface area is 112 Å². The highest BCUT2D eigenvalue weighted by atomic mass is 19.1. The van der Waals surface area contributed by atoms with Gasteiger partial charge in [0, 0.05) is 25.8 Å². The van der Waals surface area contributed by atoms with Crippen LogP contribution in [0.4, 0.5) is 10.1 Å². The van der Waals surface area contributed by atoms with Crippen molar-refractivity contribution in [2.24, 2.45) is 5.73 Å². The van der Waals surface area contributed by atoms with E-state index in [4.69, 9.17) is 15.9 Å². The normalized spacial score (nSPS) is 23.4. The van der Waals surface area contributed by atoms with Crippen LogP contribution in [0.3, 0.4) is 0 Å². The lowest BCUT2D eigenvalue weighted by Crippen LogP contribution is -2.47. The molecule has 1 saturated heterocycles. The number of amidine groups is 1. The van der Waals surface area contributed by atoms with Crippen LogP contribution in [0.2, 0.25) is 0 Å². The van der Waals surface area contributed by atoms with Gasteiger partial charge in [-0.3, -0.25) is 5.41 Å². The van der Waals surface area contributed by atoms with E-state index in [2.05, 4.69) is 0 Å². The van der Waals surface area contributed by atoms with E-state index < -0.39 is 0 Å². The molecule has 1 aliphatic rings. The molecule has 1 aromatic rings. The standard InChI is InChI=1S/C14H20FN3O/c1-14(19-2)6-3-7-18(9-14)12-5-4-10(13(16)17)8-11(12)15/h4-5,8H,3,6-7,9H2,1-2H3,(H3,16,17). The summed E-state index contributed by atoms with van der Waals surface area (Å²) in [5.41, 5.74) is 6.09. The second-order valence-electron chi connectivity index (χ2n) is 5.26. The van der Waals surface area contributed by atoms with Gasteiger partial charge in [-0.1, -0.05) is 0 Å². The van der Waals surface area contributed by atoms with Gasteiger partial charge < -0.3 is 15.4 Å². The van der Waals surface area contributed by atoms with Crippen molar-refractivity contribution in [3.63, 3.8) is 0 Å². The summed E-state index contributed by atoms with van der Waals surface area (Å²) in [7, 11) is 1.69. The summed E-state index contributed by atoms with van der Waals surface area (Å²) in [6.45, 7) is 3.52. The quantitative estimate of drug-likeness (QED) is 0.650. The summed E-state index contributed by atoms with van der Waals surface area (Å²) < 4.78 is 19.6. The van der Waals surface area contributed by atoms with Crippen LogP contribution in [-0.2, 0) is 4.74 Å². The molecule has 1 heterocycles. The molecule has 2 rings (SSSR count). The molecule has 0 saturated carbocycles. The van der Waals surface area contributed by atoms with Gasteiger partial charge in [0.1, 0.15) is 11.7 Å². The number of hydrogen-bond acceptors (Lipinski definition) is 3. The molecular weight excluding hydrogens is 245 g/mol. The van der Waals surface area contributed by atoms with Crippen LogP contribution in [-0.4, -0.2) is 31.6 Å². The Bertz CT molecular complexity index is 492. The molecule has 104 valence electrons. The number of nitrogen functional groups attached to an aromatic ring is 1. The minimum Gasteiger partial charge on any atom is -0.384 e. The molecular formula is C14H20FN3O. The zero-order valence-corrected chi connectivity index (χ0v) is 11.4. The minimum absolute atomic E-state index is 0.120. The molecule has 0 amide bonds. The highest BCUT2D eigenvalue weighted by Gasteiger charge is 2.31. The SMILES string of the molecule is COC1(C)CCCN(c2ccc(C(=N)N)cc2F)C1. The van der Waals surface area contributed by atoms with Crippen LogP contribution < -0.4 is 10.6 Å². The Morgan fingerprint density at radius 1 is 1.53 bits per heavy atom. The van der Waals surface area contributed by atoms with Crippen LogP contribution in [0.25, 0.3) is 0 Å². The molecule has 4 nitrogen and oxygen atoms in total. The fourth-order valence-corrected chi connectivity index (χ4v) is 2.51. The van der Waals surface area contributed by atoms with Gasteiger partial charge in [0.05, 0.1) is 11.3 Å². The largest absolute Gasteiger partial charge is 0.384 e. The molecule has 1 fully saturated rings. The van der Waals surface area contributed by atoms with Crippen LogP contribution in [0.5, 0.6) is 0 Å². The number of halogens is 1. The van der Waals surface area contributed by atoms with Crippen molar-refractivity contribution >= 4 is 11.5 Å². The fourth-order valence-electron chi connectivity index (χ4n) is 2.51. The van der Waals surface area contributed by atoms with E-state index >= 15 is 0 Å². The topological polar surface area (TPSA) is 62.3 Å². The molecule has 1 aliphatic heterocycles. The molecule has 0 bridgehead atoms. The van der Waals surface area contributed by atoms with Gasteiger partial charge in [-0.15, -0.1) is 0 Å². The number of benzene rings is 1. The number of hydrogen-bond donors (Lipinski definition) is 2. The maximum absolute atomic E-state index is 14.1. The first-order valence-corrected chi connectivity index (χ1v) is 6.39. The Kier molecular flexibility index (Phi) is 3.75. The molecule has 0 aliphatic carbocycles. The first-order valence-electron chi connectivity index (χ1n) is 6.39. The van der Waals surface area contributed by atoms with Crippen molar-refractivity contribution in [2.45, 2.75) is 25.4 Å². The van der Waals surface area contributed by atoms with Crippen molar-refractivity contribution in [1.82, 2.24) is 0 Å². The number of piperidine rings is 1. The van der Waals surface area contributed by atoms with Crippen LogP contribution in [0.1, 0.15) is 25.3 Å². The lowest BCUT2D eigenvalue weighted by molar-refractivity contribution is -0.00476. The maximum atomic E-state index is 14.1. The third-order valence-electron chi connectivity index (χ3n) is 3.75. The van der Waals surface area contributed by atoms with E-state index in [-0.39, 0.29) is 17.3 Å². The highest BCUT2D eigenvalue weighted by molar-refractivity contribution is 5.95. The number of nitrogens with one attached hydrogen (secondary N) is 1. The van der Waals surface area contributed by atoms with Gasteiger partial charge in [0.25, 0.3) is 0 Å². The smallest absolute Gasteiger partial charge is 0.147 e. The maximum Gasteiger partial charge on any atom is 0.147 e. The van der Waals surface area contributed by atoms with Crippen molar-refractivity contribution in [3.8, 4) is 0 Å². The average molecular weight is 265 g/mol. The summed E-state index contributed by atoms with van der Waals surface area (Å²) in [4.78, 5) is 1.99. The molecule has 19 heavy (non-hydrogen) atoms. The van der Waals surface area contributed by atoms with Gasteiger partial charge in [0.2, 0.25) is 0 Å². The van der Waals surface area contributed by atoms with Crippen molar-refractivity contribution in [3.05, 3.63) is 29.6 Å². The van der Waals surface area contributed by atoms with Crippen molar-refractivity contribution in [2.75, 3.05) is 25.1 Å². The van der Waals surface area contributed by atoms with Gasteiger partial charge in [-0.25, -0.2) is 4.39 Å². The molecule has 0 aromatic heterocycles. The predicted molar refractivity (Wildman–Crippen MR) is 74.3 cm³/mol. The Balaban J connectivity index is 2.24. The van der Waals surface area contributed by atoms with Gasteiger partial charge in [-0.2, -0.15) is 0 Å². The van der Waals surface area contributed by atoms with Crippen LogP contribution in [0, 0.1) is 11.2 Å². The van der Waals surface area contributed by atoms with Gasteiger partial charge in [0.15, 0.2) is 0 Å². The lowest BCUT2D eigenvalue weighted by atomic mass is 9.94. The van der Waals surface area contributed by atoms with E-state index in [1.54, 1.807) is 19.2 Å². The first-order chi connectivity index (χ1) is 8.95. The molecule has 5 heteroatoms. The van der Waals surface area contributed by atoms with Crippen LogP contribution >= 0.6 is 0 Å². The lowest BCUT2D eigenvalue weighted by Gasteiger charge is -2.40. The Hall–Kier alpha value is -1.62. The van der Waals surface area contributed by atoms with Crippen molar-refractivity contribution < 1.29 is 9.13 Å². The minimum atomic E-state index is -0.340. The summed E-state index contributed by atoms with van der Waals surface area (Å²) >= 11 is 0. The molecule has 3 N–H and O–H groups in total. The van der Waals surface area contributed by atoms with E-state index in [0.717, 1.165) is 19.4 Å². The zero-order chi connectivity index (χ0) is 14.0. The Morgan fingerprint density at radius 3 is 2.84 bits per heavy atom. The number of ether oxygens (including phenoxy) is 1. The van der Waals surface area contributed by atoms with E-state index in [9.17, 15) is 4.39 Å². The van der Waals surface area contributed by atoms with Gasteiger partial charge >= 0.3 is 0 Å². The zero-order valence-electron chi connectivity index (χ0n) is 11.4. The number of methoxy groups -OCH3 is 1. The number of nitrogens with zero attached hydrogens (tertiary/aromatic N) is 1. The summed E-state index contributed by atoms with van der Waals surface area (Å²) in [5, 5.41) is 7.32. The fraction of sp³-hybridized carbons (Fsp3) is 0.500. The average Bonchev–Trinajstić information content (AvgIpc) is 2.38. The summed E-state index contributed by atoms with van der Waals surface area (Å²) in [6, 6.07) is 4.68. The highest BCUT2D eigenvalue weighted by Crippen LogP contribution is 2.29. The molecule has 0 spiro atoms. The molecule has 1 aromatic carbocycles. The Morgan fingerprint density at radius 2 is 2.26 bits per heavy atom. The predicted octanol–water partition coefficient (Wildman–Crippen LogP) is 2.12. The second-order valence-corrected chi connectivity index (χ2v) is 5.26. The van der Waals surface area contributed by atoms with E-state index in [0.29, 0.717) is 17.8 Å². The number of anilines is 1. The third-order valence-corrected chi connectivity index (χ3v) is 3.75. The third kappa shape index (κ3) is 2.87. The van der Waals surface area contributed by atoms with Crippen molar-refractivity contribution in [1.29, 1.82) is 5.41 Å². The summed E-state index contributed by atoms with van der Waals surface area (Å²) in [6.07, 6.45) is 1.95. The second kappa shape index (κ2) is 5.17.